The smallest absolute Gasteiger partial charge is 0.407 e. The molecule has 1 N–H and O–H groups in total. The van der Waals surface area contributed by atoms with Gasteiger partial charge in [0, 0.05) is 32.0 Å². The first-order valence-electron chi connectivity index (χ1n) is 8.07. The fourth-order valence-corrected chi connectivity index (χ4v) is 2.33. The average molecular weight is 407 g/mol. The van der Waals surface area contributed by atoms with Gasteiger partial charge in [0.2, 0.25) is 5.95 Å². The predicted octanol–water partition coefficient (Wildman–Crippen LogP) is 3.77. The molecule has 0 unspecified atom stereocenters. The van der Waals surface area contributed by atoms with Gasteiger partial charge < -0.3 is 15.0 Å². The van der Waals surface area contributed by atoms with E-state index in [-0.39, 0.29) is 0 Å². The van der Waals surface area contributed by atoms with Crippen molar-refractivity contribution in [3.63, 3.8) is 0 Å². The Morgan fingerprint density at radius 1 is 1.20 bits per heavy atom. The number of alkyl carbamates (subject to hydrolysis) is 1. The van der Waals surface area contributed by atoms with Crippen molar-refractivity contribution in [3.8, 4) is 0 Å². The maximum atomic E-state index is 11.8. The van der Waals surface area contributed by atoms with E-state index in [4.69, 9.17) is 4.74 Å². The quantitative estimate of drug-likeness (QED) is 0.790. The lowest BCUT2D eigenvalue weighted by molar-refractivity contribution is 0.0529. The normalized spacial score (nSPS) is 11.0. The molecule has 0 bridgehead atoms. The number of nitrogens with zero attached hydrogens (tertiary/aromatic N) is 3. The summed E-state index contributed by atoms with van der Waals surface area (Å²) in [6, 6.07) is 10.1. The van der Waals surface area contributed by atoms with Crippen molar-refractivity contribution in [2.75, 3.05) is 18.0 Å². The SMILES string of the molecule is CC(C)(C)OC(=O)NCCN(Cc1ccccc1)c1ncc(Br)cn1. The Hall–Kier alpha value is -2.15. The molecule has 1 aromatic carbocycles. The number of halogens is 1. The van der Waals surface area contributed by atoms with E-state index >= 15 is 0 Å². The van der Waals surface area contributed by atoms with E-state index in [0.717, 1.165) is 10.0 Å². The fraction of sp³-hybridized carbons (Fsp3) is 0.389. The van der Waals surface area contributed by atoms with Gasteiger partial charge in [-0.05, 0) is 42.3 Å². The molecule has 0 atom stereocenters. The van der Waals surface area contributed by atoms with Gasteiger partial charge in [-0.2, -0.15) is 0 Å². The van der Waals surface area contributed by atoms with E-state index in [1.165, 1.54) is 0 Å². The molecule has 1 heterocycles. The molecule has 1 aromatic heterocycles. The molecular formula is C18H23BrN4O2. The number of ether oxygens (including phenoxy) is 1. The largest absolute Gasteiger partial charge is 0.444 e. The minimum Gasteiger partial charge on any atom is -0.444 e. The molecule has 0 spiro atoms. The number of carbonyl (C=O) groups is 1. The summed E-state index contributed by atoms with van der Waals surface area (Å²) in [5, 5.41) is 2.77. The van der Waals surface area contributed by atoms with Gasteiger partial charge in [0.05, 0.1) is 4.47 Å². The van der Waals surface area contributed by atoms with Crippen molar-refractivity contribution in [1.82, 2.24) is 15.3 Å². The minimum absolute atomic E-state index is 0.427. The van der Waals surface area contributed by atoms with Gasteiger partial charge in [0.1, 0.15) is 5.60 Å². The number of anilines is 1. The van der Waals surface area contributed by atoms with Crippen LogP contribution < -0.4 is 10.2 Å². The summed E-state index contributed by atoms with van der Waals surface area (Å²) in [5.41, 5.74) is 0.633. The van der Waals surface area contributed by atoms with Crippen LogP contribution in [0.15, 0.2) is 47.2 Å². The standard InChI is InChI=1S/C18H23BrN4O2/c1-18(2,3)25-17(24)20-9-10-23(13-14-7-5-4-6-8-14)16-21-11-15(19)12-22-16/h4-8,11-12H,9-10,13H2,1-3H3,(H,20,24). The minimum atomic E-state index is -0.511. The Morgan fingerprint density at radius 3 is 2.44 bits per heavy atom. The molecule has 6 nitrogen and oxygen atoms in total. The number of amides is 1. The molecule has 1 amide bonds. The highest BCUT2D eigenvalue weighted by Gasteiger charge is 2.16. The molecule has 0 aliphatic heterocycles. The van der Waals surface area contributed by atoms with E-state index in [0.29, 0.717) is 25.6 Å². The summed E-state index contributed by atoms with van der Waals surface area (Å²) in [7, 11) is 0. The zero-order valence-electron chi connectivity index (χ0n) is 14.7. The Balaban J connectivity index is 1.99. The summed E-state index contributed by atoms with van der Waals surface area (Å²) in [6.07, 6.45) is 2.99. The summed E-state index contributed by atoms with van der Waals surface area (Å²) in [6.45, 7) is 7.16. The lowest BCUT2D eigenvalue weighted by atomic mass is 10.2. The van der Waals surface area contributed by atoms with E-state index in [2.05, 4.69) is 31.2 Å². The van der Waals surface area contributed by atoms with E-state index in [1.54, 1.807) is 12.4 Å². The van der Waals surface area contributed by atoms with Gasteiger partial charge in [-0.15, -0.1) is 0 Å². The van der Waals surface area contributed by atoms with Crippen molar-refractivity contribution in [2.24, 2.45) is 0 Å². The Morgan fingerprint density at radius 2 is 1.84 bits per heavy atom. The van der Waals surface area contributed by atoms with Gasteiger partial charge in [-0.1, -0.05) is 30.3 Å². The van der Waals surface area contributed by atoms with Crippen LogP contribution in [0.3, 0.4) is 0 Å². The first-order chi connectivity index (χ1) is 11.8. The molecule has 25 heavy (non-hydrogen) atoms. The van der Waals surface area contributed by atoms with Crippen LogP contribution in [0.25, 0.3) is 0 Å². The maximum Gasteiger partial charge on any atom is 0.407 e. The third kappa shape index (κ3) is 7.09. The number of benzene rings is 1. The summed E-state index contributed by atoms with van der Waals surface area (Å²) in [5.74, 6) is 0.609. The topological polar surface area (TPSA) is 67.3 Å². The molecule has 0 saturated heterocycles. The zero-order valence-corrected chi connectivity index (χ0v) is 16.3. The number of hydrogen-bond acceptors (Lipinski definition) is 5. The molecule has 0 saturated carbocycles. The Kier molecular flexibility index (Phi) is 6.75. The molecule has 7 heteroatoms. The van der Waals surface area contributed by atoms with E-state index < -0.39 is 11.7 Å². The molecule has 0 aliphatic rings. The molecule has 0 radical (unpaired) electrons. The zero-order chi connectivity index (χ0) is 18.3. The van der Waals surface area contributed by atoms with Gasteiger partial charge in [-0.3, -0.25) is 0 Å². The number of hydrogen-bond donors (Lipinski definition) is 1. The molecule has 0 aliphatic carbocycles. The van der Waals surface area contributed by atoms with Gasteiger partial charge >= 0.3 is 6.09 Å². The van der Waals surface area contributed by atoms with E-state index in [1.807, 2.05) is 56.0 Å². The highest BCUT2D eigenvalue weighted by molar-refractivity contribution is 9.10. The van der Waals surface area contributed by atoms with Crippen molar-refractivity contribution >= 4 is 28.0 Å². The van der Waals surface area contributed by atoms with Crippen molar-refractivity contribution in [1.29, 1.82) is 0 Å². The van der Waals surface area contributed by atoms with Gasteiger partial charge in [0.15, 0.2) is 0 Å². The van der Waals surface area contributed by atoms with Crippen molar-refractivity contribution in [3.05, 3.63) is 52.8 Å². The summed E-state index contributed by atoms with van der Waals surface area (Å²) < 4.78 is 6.08. The number of aromatic nitrogens is 2. The first-order valence-corrected chi connectivity index (χ1v) is 8.86. The van der Waals surface area contributed by atoms with Crippen LogP contribution in [-0.4, -0.2) is 34.8 Å². The first kappa shape index (κ1) is 19.2. The van der Waals surface area contributed by atoms with Crippen LogP contribution in [-0.2, 0) is 11.3 Å². The lowest BCUT2D eigenvalue weighted by Crippen LogP contribution is -2.38. The molecule has 0 fully saturated rings. The second-order valence-electron chi connectivity index (χ2n) is 6.54. The average Bonchev–Trinajstić information content (AvgIpc) is 2.54. The molecule has 2 rings (SSSR count). The predicted molar refractivity (Wildman–Crippen MR) is 101 cm³/mol. The highest BCUT2D eigenvalue weighted by atomic mass is 79.9. The van der Waals surface area contributed by atoms with Crippen LogP contribution >= 0.6 is 15.9 Å². The monoisotopic (exact) mass is 406 g/mol. The summed E-state index contributed by atoms with van der Waals surface area (Å²) >= 11 is 3.34. The van der Waals surface area contributed by atoms with Crippen LogP contribution in [0, 0.1) is 0 Å². The third-order valence-corrected chi connectivity index (χ3v) is 3.57. The van der Waals surface area contributed by atoms with Gasteiger partial charge in [0.25, 0.3) is 0 Å². The fourth-order valence-electron chi connectivity index (χ4n) is 2.13. The maximum absolute atomic E-state index is 11.8. The number of nitrogens with one attached hydrogen (secondary N) is 1. The molecule has 2 aromatic rings. The number of rotatable bonds is 6. The van der Waals surface area contributed by atoms with Crippen LogP contribution in [0.1, 0.15) is 26.3 Å². The van der Waals surface area contributed by atoms with Crippen LogP contribution in [0.5, 0.6) is 0 Å². The summed E-state index contributed by atoms with van der Waals surface area (Å²) in [4.78, 5) is 22.5. The second-order valence-corrected chi connectivity index (χ2v) is 7.45. The third-order valence-electron chi connectivity index (χ3n) is 3.16. The highest BCUT2D eigenvalue weighted by Crippen LogP contribution is 2.14. The van der Waals surface area contributed by atoms with Crippen LogP contribution in [0.4, 0.5) is 10.7 Å². The van der Waals surface area contributed by atoms with E-state index in [9.17, 15) is 4.79 Å². The van der Waals surface area contributed by atoms with Gasteiger partial charge in [-0.25, -0.2) is 14.8 Å². The molecule has 134 valence electrons. The Bertz CT molecular complexity index is 672. The van der Waals surface area contributed by atoms with Crippen molar-refractivity contribution in [2.45, 2.75) is 32.9 Å². The Labute approximate surface area is 156 Å². The molecular weight excluding hydrogens is 384 g/mol. The van der Waals surface area contributed by atoms with Crippen molar-refractivity contribution < 1.29 is 9.53 Å². The second kappa shape index (κ2) is 8.80. The van der Waals surface area contributed by atoms with Crippen LogP contribution in [0.2, 0.25) is 0 Å². The lowest BCUT2D eigenvalue weighted by Gasteiger charge is -2.24. The number of carbonyl (C=O) groups excluding carboxylic acids is 1.